The Bertz CT molecular complexity index is 543. The molecule has 0 radical (unpaired) electrons. The van der Waals surface area contributed by atoms with Crippen molar-refractivity contribution in [1.29, 1.82) is 0 Å². The molecule has 0 saturated carbocycles. The molecule has 0 unspecified atom stereocenters. The number of nitrogens with zero attached hydrogens (tertiary/aromatic N) is 2. The molecule has 3 rings (SSSR count). The summed E-state index contributed by atoms with van der Waals surface area (Å²) in [5.74, 6) is -2.39. The van der Waals surface area contributed by atoms with E-state index in [0.717, 1.165) is 0 Å². The number of rotatable bonds is 3. The maximum absolute atomic E-state index is 11.3. The van der Waals surface area contributed by atoms with Crippen LogP contribution in [0.3, 0.4) is 0 Å². The predicted octanol–water partition coefficient (Wildman–Crippen LogP) is 0.227. The highest BCUT2D eigenvalue weighted by atomic mass is 16.9. The van der Waals surface area contributed by atoms with Gasteiger partial charge in [-0.1, -0.05) is 0 Å². The van der Waals surface area contributed by atoms with Gasteiger partial charge in [-0.05, 0) is 27.7 Å². The van der Waals surface area contributed by atoms with Crippen LogP contribution in [-0.2, 0) is 33.2 Å². The normalized spacial score (nSPS) is 39.9. The molecule has 23 heavy (non-hydrogen) atoms. The minimum Gasteiger partial charge on any atom is -0.454 e. The molecule has 0 N–H and O–H groups in total. The minimum absolute atomic E-state index is 0.0849. The van der Waals surface area contributed by atoms with E-state index in [-0.39, 0.29) is 6.61 Å². The van der Waals surface area contributed by atoms with Crippen molar-refractivity contribution in [2.45, 2.75) is 70.0 Å². The molecule has 9 nitrogen and oxygen atoms in total. The van der Waals surface area contributed by atoms with Crippen molar-refractivity contribution in [1.82, 2.24) is 0 Å². The Balaban J connectivity index is 1.76. The number of carbonyl (C=O) groups excluding carboxylic acids is 1. The first-order valence-corrected chi connectivity index (χ1v) is 7.42. The van der Waals surface area contributed by atoms with Crippen molar-refractivity contribution in [2.24, 2.45) is 0 Å². The second kappa shape index (κ2) is 5.62. The van der Waals surface area contributed by atoms with Crippen LogP contribution in [0.1, 0.15) is 27.7 Å². The first-order chi connectivity index (χ1) is 10.7. The predicted molar refractivity (Wildman–Crippen MR) is 73.2 cm³/mol. The van der Waals surface area contributed by atoms with Gasteiger partial charge in [0.05, 0.1) is 0 Å². The van der Waals surface area contributed by atoms with Crippen molar-refractivity contribution in [3.8, 4) is 0 Å². The average Bonchev–Trinajstić information content (AvgIpc) is 2.90. The van der Waals surface area contributed by atoms with Crippen molar-refractivity contribution in [3.05, 3.63) is 5.53 Å². The lowest BCUT2D eigenvalue weighted by molar-refractivity contribution is -0.241. The molecule has 3 fully saturated rings. The lowest BCUT2D eigenvalue weighted by Gasteiger charge is -2.36. The van der Waals surface area contributed by atoms with Crippen molar-refractivity contribution >= 4 is 12.2 Å². The van der Waals surface area contributed by atoms with Gasteiger partial charge in [0.2, 0.25) is 0 Å². The maximum atomic E-state index is 11.3. The number of esters is 1. The van der Waals surface area contributed by atoms with Gasteiger partial charge in [0.1, 0.15) is 31.0 Å². The first-order valence-electron chi connectivity index (χ1n) is 7.42. The van der Waals surface area contributed by atoms with Crippen LogP contribution in [-0.4, -0.2) is 65.9 Å². The summed E-state index contributed by atoms with van der Waals surface area (Å²) in [5.41, 5.74) is 8.33. The lowest BCUT2D eigenvalue weighted by atomic mass is 9.99. The molecular weight excluding hydrogens is 308 g/mol. The molecule has 5 atom stereocenters. The van der Waals surface area contributed by atoms with E-state index in [1.807, 2.05) is 0 Å². The molecule has 0 bridgehead atoms. The summed E-state index contributed by atoms with van der Waals surface area (Å²) in [7, 11) is 0. The van der Waals surface area contributed by atoms with Gasteiger partial charge in [0, 0.05) is 0 Å². The van der Waals surface area contributed by atoms with E-state index < -0.39 is 48.2 Å². The van der Waals surface area contributed by atoms with E-state index in [9.17, 15) is 4.79 Å². The highest BCUT2D eigenvalue weighted by molar-refractivity contribution is 6.20. The van der Waals surface area contributed by atoms with Gasteiger partial charge in [0.25, 0.3) is 0 Å². The topological polar surface area (TPSA) is 109 Å². The van der Waals surface area contributed by atoms with Crippen molar-refractivity contribution < 1.29 is 38.0 Å². The van der Waals surface area contributed by atoms with E-state index in [4.69, 9.17) is 34.0 Å². The average molecular weight is 328 g/mol. The van der Waals surface area contributed by atoms with Crippen molar-refractivity contribution in [2.75, 3.05) is 6.61 Å². The zero-order chi connectivity index (χ0) is 16.8. The summed E-state index contributed by atoms with van der Waals surface area (Å²) < 4.78 is 34.2. The van der Waals surface area contributed by atoms with Crippen LogP contribution >= 0.6 is 0 Å². The third kappa shape index (κ3) is 3.30. The Labute approximate surface area is 133 Å². The van der Waals surface area contributed by atoms with Crippen molar-refractivity contribution in [3.63, 3.8) is 0 Å². The van der Waals surface area contributed by atoms with Crippen LogP contribution in [0.25, 0.3) is 5.53 Å². The smallest absolute Gasteiger partial charge is 0.413 e. The largest absolute Gasteiger partial charge is 0.454 e. The fourth-order valence-corrected chi connectivity index (χ4v) is 3.08. The summed E-state index contributed by atoms with van der Waals surface area (Å²) >= 11 is 0. The second-order valence-electron chi connectivity index (χ2n) is 6.58. The first kappa shape index (κ1) is 16.5. The highest BCUT2D eigenvalue weighted by Crippen LogP contribution is 2.44. The van der Waals surface area contributed by atoms with E-state index in [1.54, 1.807) is 27.7 Å². The number of hydrogen-bond donors (Lipinski definition) is 0. The van der Waals surface area contributed by atoms with Crippen LogP contribution in [0, 0.1) is 0 Å². The molecule has 0 aromatic carbocycles. The summed E-state index contributed by atoms with van der Waals surface area (Å²) in [6, 6.07) is 0. The van der Waals surface area contributed by atoms with Gasteiger partial charge < -0.3 is 34.0 Å². The molecular formula is C14H20N2O7. The lowest BCUT2D eigenvalue weighted by Crippen LogP contribution is -2.56. The van der Waals surface area contributed by atoms with Crippen LogP contribution in [0.15, 0.2) is 0 Å². The highest BCUT2D eigenvalue weighted by Gasteiger charge is 2.60. The van der Waals surface area contributed by atoms with Gasteiger partial charge >= 0.3 is 12.2 Å². The SMILES string of the molecule is CC1(C)O[C@@H]2O[C@@H](COC(=O)C=[N+]=[N-])[C@H]3OC(C)(C)O[C@H]3[C@@H]2O1. The van der Waals surface area contributed by atoms with Gasteiger partial charge in [-0.15, -0.1) is 0 Å². The van der Waals surface area contributed by atoms with Gasteiger partial charge in [0.15, 0.2) is 17.9 Å². The molecule has 0 aliphatic carbocycles. The number of hydrogen-bond acceptors (Lipinski definition) is 7. The standard InChI is InChI=1S/C14H20N2O7/c1-13(2)20-9-7(6-18-8(17)5-16-15)19-12-11(10(9)21-13)22-14(3,4)23-12/h5,7,9-12H,6H2,1-4H3/t7-,9+,10+,11-,12-/m0/s1. The summed E-state index contributed by atoms with van der Waals surface area (Å²) in [6.07, 6.45) is -1.86. The monoisotopic (exact) mass is 328 g/mol. The zero-order valence-electron chi connectivity index (χ0n) is 13.4. The molecule has 0 amide bonds. The molecule has 3 aliphatic rings. The quantitative estimate of drug-likeness (QED) is 0.316. The molecule has 0 spiro atoms. The molecule has 0 aromatic heterocycles. The van der Waals surface area contributed by atoms with Crippen LogP contribution in [0.5, 0.6) is 0 Å². The fraction of sp³-hybridized carbons (Fsp3) is 0.857. The van der Waals surface area contributed by atoms with E-state index in [2.05, 4.69) is 4.79 Å². The number of carbonyl (C=O) groups is 1. The second-order valence-corrected chi connectivity index (χ2v) is 6.58. The maximum Gasteiger partial charge on any atom is 0.413 e. The van der Waals surface area contributed by atoms with E-state index in [0.29, 0.717) is 6.21 Å². The number of fused-ring (bicyclic) bond motifs is 3. The van der Waals surface area contributed by atoms with Gasteiger partial charge in [-0.2, -0.15) is 4.79 Å². The Hall–Kier alpha value is -1.35. The third-order valence-corrected chi connectivity index (χ3v) is 3.80. The summed E-state index contributed by atoms with van der Waals surface area (Å²) in [5, 5.41) is 0. The summed E-state index contributed by atoms with van der Waals surface area (Å²) in [6.45, 7) is 7.08. The summed E-state index contributed by atoms with van der Waals surface area (Å²) in [4.78, 5) is 13.9. The van der Waals surface area contributed by atoms with E-state index in [1.165, 1.54) is 0 Å². The Morgan fingerprint density at radius 1 is 1.09 bits per heavy atom. The molecule has 0 aromatic rings. The molecule has 128 valence electrons. The van der Waals surface area contributed by atoms with Crippen LogP contribution < -0.4 is 0 Å². The fourth-order valence-electron chi connectivity index (χ4n) is 3.08. The zero-order valence-corrected chi connectivity index (χ0v) is 13.4. The molecule has 9 heteroatoms. The van der Waals surface area contributed by atoms with Gasteiger partial charge in [-0.3, -0.25) is 0 Å². The van der Waals surface area contributed by atoms with Gasteiger partial charge in [-0.25, -0.2) is 4.79 Å². The molecule has 3 aliphatic heterocycles. The van der Waals surface area contributed by atoms with Crippen LogP contribution in [0.2, 0.25) is 0 Å². The number of ether oxygens (including phenoxy) is 6. The van der Waals surface area contributed by atoms with Crippen LogP contribution in [0.4, 0.5) is 0 Å². The Morgan fingerprint density at radius 2 is 1.70 bits per heavy atom. The minimum atomic E-state index is -0.807. The van der Waals surface area contributed by atoms with E-state index >= 15 is 0 Å². The third-order valence-electron chi connectivity index (χ3n) is 3.80. The molecule has 3 heterocycles. The molecule has 3 saturated heterocycles. The Morgan fingerprint density at radius 3 is 2.39 bits per heavy atom. The Kier molecular flexibility index (Phi) is 4.04.